The minimum atomic E-state index is -0.774. The molecule has 3 aliphatic rings. The molecule has 1 aliphatic carbocycles. The van der Waals surface area contributed by atoms with Crippen molar-refractivity contribution in [2.75, 3.05) is 32.0 Å². The van der Waals surface area contributed by atoms with E-state index in [0.29, 0.717) is 35.8 Å². The Bertz CT molecular complexity index is 1860. The molecule has 2 fully saturated rings. The van der Waals surface area contributed by atoms with Crippen LogP contribution in [0.3, 0.4) is 0 Å². The summed E-state index contributed by atoms with van der Waals surface area (Å²) in [5, 5.41) is 2.76. The fourth-order valence-electron chi connectivity index (χ4n) is 6.31. The lowest BCUT2D eigenvalue weighted by Gasteiger charge is -2.39. The standard InChI is InChI=1S/C34H36FN7O4/c1-39-15-12-25(13-16-39)40-17-14-28-30(20-40)36-21-37-32(28)46-27-10-6-24(7-11-27)38-31(43)29-19-41(18-22-2-3-22)34(45)42(33(29)44)26-8-4-23(35)5-9-26/h4-11,19,21-22,25H,2-3,12-18,20H2,1H3,(H,38,43). The van der Waals surface area contributed by atoms with Gasteiger partial charge in [-0.25, -0.2) is 23.7 Å². The molecule has 1 N–H and O–H groups in total. The van der Waals surface area contributed by atoms with Crippen LogP contribution in [0.2, 0.25) is 0 Å². The SMILES string of the molecule is CN1CCC(N2CCc3c(ncnc3Oc3ccc(NC(=O)c4cn(CC5CC5)c(=O)n(-c5ccc(F)cc5)c4=O)cc3)C2)CC1. The molecule has 0 bridgehead atoms. The molecular weight excluding hydrogens is 589 g/mol. The van der Waals surface area contributed by atoms with Crippen molar-refractivity contribution in [2.24, 2.45) is 5.92 Å². The zero-order chi connectivity index (χ0) is 31.8. The molecule has 4 aromatic rings. The molecule has 7 rings (SSSR count). The number of carbonyl (C=O) groups is 1. The van der Waals surface area contributed by atoms with Crippen molar-refractivity contribution < 1.29 is 13.9 Å². The Labute approximate surface area is 265 Å². The maximum Gasteiger partial charge on any atom is 0.335 e. The van der Waals surface area contributed by atoms with Crippen LogP contribution in [0.15, 0.2) is 70.6 Å². The zero-order valence-corrected chi connectivity index (χ0v) is 25.7. The first-order valence-corrected chi connectivity index (χ1v) is 15.8. The number of hydrogen-bond acceptors (Lipinski definition) is 8. The minimum absolute atomic E-state index is 0.188. The molecule has 2 aromatic carbocycles. The van der Waals surface area contributed by atoms with Crippen molar-refractivity contribution in [3.63, 3.8) is 0 Å². The molecule has 0 unspecified atom stereocenters. The smallest absolute Gasteiger partial charge is 0.335 e. The van der Waals surface area contributed by atoms with Crippen molar-refractivity contribution in [1.29, 1.82) is 0 Å². The van der Waals surface area contributed by atoms with E-state index < -0.39 is 23.0 Å². The lowest BCUT2D eigenvalue weighted by molar-refractivity contribution is 0.102. The van der Waals surface area contributed by atoms with Crippen LogP contribution in [0, 0.1) is 11.7 Å². The van der Waals surface area contributed by atoms with Gasteiger partial charge < -0.3 is 15.0 Å². The fraction of sp³-hybridized carbons (Fsp3) is 0.382. The summed E-state index contributed by atoms with van der Waals surface area (Å²) in [6.45, 7) is 4.35. The van der Waals surface area contributed by atoms with Crippen LogP contribution in [0.1, 0.15) is 47.3 Å². The van der Waals surface area contributed by atoms with E-state index in [-0.39, 0.29) is 11.3 Å². The summed E-state index contributed by atoms with van der Waals surface area (Å²) in [5.41, 5.74) is 1.12. The number of nitrogens with zero attached hydrogens (tertiary/aromatic N) is 6. The Kier molecular flexibility index (Phi) is 8.22. The molecule has 0 atom stereocenters. The third kappa shape index (κ3) is 6.35. The van der Waals surface area contributed by atoms with Crippen LogP contribution in [0.25, 0.3) is 5.69 Å². The van der Waals surface area contributed by atoms with Crippen molar-refractivity contribution in [1.82, 2.24) is 28.9 Å². The van der Waals surface area contributed by atoms with E-state index in [1.165, 1.54) is 35.0 Å². The lowest BCUT2D eigenvalue weighted by Crippen LogP contribution is -2.45. The van der Waals surface area contributed by atoms with Crippen LogP contribution in [0.4, 0.5) is 10.1 Å². The quantitative estimate of drug-likeness (QED) is 0.314. The maximum absolute atomic E-state index is 13.6. The van der Waals surface area contributed by atoms with Gasteiger partial charge in [0.25, 0.3) is 11.5 Å². The lowest BCUT2D eigenvalue weighted by atomic mass is 9.99. The normalized spacial score (nSPS) is 17.4. The van der Waals surface area contributed by atoms with Crippen LogP contribution < -0.4 is 21.3 Å². The summed E-state index contributed by atoms with van der Waals surface area (Å²) < 4.78 is 22.1. The van der Waals surface area contributed by atoms with E-state index >= 15 is 0 Å². The Morgan fingerprint density at radius 2 is 1.72 bits per heavy atom. The van der Waals surface area contributed by atoms with Crippen LogP contribution >= 0.6 is 0 Å². The van der Waals surface area contributed by atoms with Gasteiger partial charge in [-0.05, 0) is 107 Å². The third-order valence-corrected chi connectivity index (χ3v) is 9.16. The Morgan fingerprint density at radius 1 is 0.978 bits per heavy atom. The number of likely N-dealkylation sites (tertiary alicyclic amines) is 1. The average molecular weight is 626 g/mol. The van der Waals surface area contributed by atoms with Crippen molar-refractivity contribution >= 4 is 11.6 Å². The summed E-state index contributed by atoms with van der Waals surface area (Å²) in [5.74, 6) is 0.250. The van der Waals surface area contributed by atoms with Crippen LogP contribution in [-0.2, 0) is 19.5 Å². The number of aromatic nitrogens is 4. The van der Waals surface area contributed by atoms with E-state index in [1.54, 1.807) is 30.6 Å². The Morgan fingerprint density at radius 3 is 2.43 bits per heavy atom. The second kappa shape index (κ2) is 12.6. The molecular formula is C34H36FN7O4. The molecule has 1 saturated carbocycles. The van der Waals surface area contributed by atoms with Gasteiger partial charge in [-0.1, -0.05) is 0 Å². The van der Waals surface area contributed by atoms with Crippen LogP contribution in [-0.4, -0.2) is 67.5 Å². The van der Waals surface area contributed by atoms with Gasteiger partial charge in [-0.15, -0.1) is 0 Å². The van der Waals surface area contributed by atoms with Crippen molar-refractivity contribution in [3.05, 3.63) is 105 Å². The largest absolute Gasteiger partial charge is 0.439 e. The number of anilines is 1. The number of fused-ring (bicyclic) bond motifs is 1. The highest BCUT2D eigenvalue weighted by molar-refractivity contribution is 6.03. The number of carbonyl (C=O) groups excluding carboxylic acids is 1. The number of ether oxygens (including phenoxy) is 1. The number of piperidine rings is 1. The molecule has 1 saturated heterocycles. The van der Waals surface area contributed by atoms with E-state index in [9.17, 15) is 18.8 Å². The number of benzene rings is 2. The monoisotopic (exact) mass is 625 g/mol. The predicted molar refractivity (Wildman–Crippen MR) is 170 cm³/mol. The van der Waals surface area contributed by atoms with Gasteiger partial charge in [0, 0.05) is 43.1 Å². The van der Waals surface area contributed by atoms with Gasteiger partial charge >= 0.3 is 5.69 Å². The molecule has 4 heterocycles. The second-order valence-corrected chi connectivity index (χ2v) is 12.5. The Balaban J connectivity index is 1.06. The minimum Gasteiger partial charge on any atom is -0.439 e. The first kappa shape index (κ1) is 30.0. The highest BCUT2D eigenvalue weighted by Gasteiger charge is 2.29. The van der Waals surface area contributed by atoms with E-state index in [2.05, 4.69) is 32.1 Å². The topological polar surface area (TPSA) is 115 Å². The van der Waals surface area contributed by atoms with Crippen molar-refractivity contribution in [2.45, 2.75) is 51.2 Å². The van der Waals surface area contributed by atoms with Gasteiger partial charge in [0.05, 0.1) is 11.4 Å². The van der Waals surface area contributed by atoms with Gasteiger partial charge in [-0.3, -0.25) is 19.1 Å². The van der Waals surface area contributed by atoms with Gasteiger partial charge in [0.2, 0.25) is 5.88 Å². The molecule has 46 heavy (non-hydrogen) atoms. The van der Waals surface area contributed by atoms with E-state index in [0.717, 1.165) is 74.1 Å². The second-order valence-electron chi connectivity index (χ2n) is 12.5. The summed E-state index contributed by atoms with van der Waals surface area (Å²) in [6.07, 6.45) is 7.96. The molecule has 238 valence electrons. The Hall–Kier alpha value is -4.68. The molecule has 0 spiro atoms. The van der Waals surface area contributed by atoms with Gasteiger partial charge in [0.15, 0.2) is 0 Å². The third-order valence-electron chi connectivity index (χ3n) is 9.16. The fourth-order valence-corrected chi connectivity index (χ4v) is 6.31. The number of rotatable bonds is 8. The molecule has 12 heteroatoms. The van der Waals surface area contributed by atoms with E-state index in [1.807, 2.05) is 0 Å². The average Bonchev–Trinajstić information content (AvgIpc) is 3.89. The molecule has 2 aromatic heterocycles. The highest BCUT2D eigenvalue weighted by Crippen LogP contribution is 2.31. The summed E-state index contributed by atoms with van der Waals surface area (Å²) in [4.78, 5) is 53.9. The number of hydrogen-bond donors (Lipinski definition) is 1. The summed E-state index contributed by atoms with van der Waals surface area (Å²) in [7, 11) is 2.17. The summed E-state index contributed by atoms with van der Waals surface area (Å²) in [6, 6.07) is 12.4. The molecule has 1 amide bonds. The first-order valence-electron chi connectivity index (χ1n) is 15.8. The van der Waals surface area contributed by atoms with E-state index in [4.69, 9.17) is 4.74 Å². The van der Waals surface area contributed by atoms with Gasteiger partial charge in [0.1, 0.15) is 23.5 Å². The van der Waals surface area contributed by atoms with Gasteiger partial charge in [-0.2, -0.15) is 0 Å². The predicted octanol–water partition coefficient (Wildman–Crippen LogP) is 3.84. The molecule has 0 radical (unpaired) electrons. The molecule has 11 nitrogen and oxygen atoms in total. The van der Waals surface area contributed by atoms with Crippen molar-refractivity contribution in [3.8, 4) is 17.3 Å². The molecule has 2 aliphatic heterocycles. The van der Waals surface area contributed by atoms with Crippen LogP contribution in [0.5, 0.6) is 11.6 Å². The highest BCUT2D eigenvalue weighted by atomic mass is 19.1. The number of halogens is 1. The zero-order valence-electron chi connectivity index (χ0n) is 25.7. The first-order chi connectivity index (χ1) is 22.3. The summed E-state index contributed by atoms with van der Waals surface area (Å²) >= 11 is 0. The number of amides is 1. The maximum atomic E-state index is 13.6. The number of nitrogens with one attached hydrogen (secondary N) is 1.